The fourth-order valence-electron chi connectivity index (χ4n) is 4.27. The Morgan fingerprint density at radius 3 is 2.22 bits per heavy atom. The van der Waals surface area contributed by atoms with Crippen LogP contribution in [0.1, 0.15) is 29.5 Å². The third kappa shape index (κ3) is 3.59. The van der Waals surface area contributed by atoms with E-state index in [1.165, 1.54) is 29.5 Å². The Morgan fingerprint density at radius 1 is 1.04 bits per heavy atom. The van der Waals surface area contributed by atoms with E-state index in [1.54, 1.807) is 4.90 Å². The van der Waals surface area contributed by atoms with Crippen LogP contribution in [0.4, 0.5) is 0 Å². The molecule has 3 rings (SSSR count). The summed E-state index contributed by atoms with van der Waals surface area (Å²) in [5.41, 5.74) is 4.12. The lowest BCUT2D eigenvalue weighted by Gasteiger charge is -2.26. The number of amides is 1. The molecule has 126 valence electrons. The molecule has 4 heteroatoms. The van der Waals surface area contributed by atoms with Crippen molar-refractivity contribution in [1.82, 2.24) is 14.7 Å². The molecule has 1 amide bonds. The minimum absolute atomic E-state index is 0.221. The maximum atomic E-state index is 12.0. The van der Waals surface area contributed by atoms with Crippen molar-refractivity contribution in [2.24, 2.45) is 0 Å². The first-order valence-electron chi connectivity index (χ1n) is 8.69. The molecular formula is C19H29N3O. The van der Waals surface area contributed by atoms with E-state index in [9.17, 15) is 4.79 Å². The number of nitrogens with zero attached hydrogens (tertiary/aromatic N) is 3. The second-order valence-corrected chi connectivity index (χ2v) is 7.44. The zero-order valence-electron chi connectivity index (χ0n) is 14.9. The van der Waals surface area contributed by atoms with E-state index in [-0.39, 0.29) is 5.91 Å². The standard InChI is InChI=1S/C19H29N3O/c1-14-9-15(2)11-16(10-14)12-21-7-5-18-17(21)6-8-22(18)13-19(23)20(3)4/h9-11,17-18H,5-8,12-13H2,1-4H3/t17-,18+/m0/s1. The van der Waals surface area contributed by atoms with Gasteiger partial charge in [0, 0.05) is 45.8 Å². The van der Waals surface area contributed by atoms with Gasteiger partial charge in [-0.1, -0.05) is 29.3 Å². The molecule has 2 atom stereocenters. The molecule has 2 aliphatic rings. The number of rotatable bonds is 4. The second kappa shape index (κ2) is 6.62. The van der Waals surface area contributed by atoms with Crippen LogP contribution >= 0.6 is 0 Å². The smallest absolute Gasteiger partial charge is 0.236 e. The van der Waals surface area contributed by atoms with Gasteiger partial charge in [0.05, 0.1) is 6.54 Å². The topological polar surface area (TPSA) is 26.8 Å². The number of likely N-dealkylation sites (N-methyl/N-ethyl adjacent to an activating group) is 1. The third-order valence-corrected chi connectivity index (χ3v) is 5.31. The van der Waals surface area contributed by atoms with Gasteiger partial charge in [-0.3, -0.25) is 14.6 Å². The Labute approximate surface area is 140 Å². The number of hydrogen-bond acceptors (Lipinski definition) is 3. The van der Waals surface area contributed by atoms with E-state index in [0.29, 0.717) is 18.6 Å². The summed E-state index contributed by atoms with van der Waals surface area (Å²) in [5.74, 6) is 0.221. The average molecular weight is 315 g/mol. The van der Waals surface area contributed by atoms with Gasteiger partial charge in [0.2, 0.25) is 5.91 Å². The lowest BCUT2D eigenvalue weighted by atomic mass is 10.1. The maximum absolute atomic E-state index is 12.0. The lowest BCUT2D eigenvalue weighted by Crippen LogP contribution is -2.41. The van der Waals surface area contributed by atoms with Gasteiger partial charge in [-0.25, -0.2) is 0 Å². The van der Waals surface area contributed by atoms with Gasteiger partial charge in [-0.05, 0) is 32.3 Å². The summed E-state index contributed by atoms with van der Waals surface area (Å²) in [5, 5.41) is 0. The second-order valence-electron chi connectivity index (χ2n) is 7.44. The van der Waals surface area contributed by atoms with Gasteiger partial charge in [0.15, 0.2) is 0 Å². The molecule has 1 aromatic rings. The Kier molecular flexibility index (Phi) is 4.74. The summed E-state index contributed by atoms with van der Waals surface area (Å²) >= 11 is 0. The summed E-state index contributed by atoms with van der Waals surface area (Å²) < 4.78 is 0. The van der Waals surface area contributed by atoms with Crippen LogP contribution in [0.25, 0.3) is 0 Å². The molecule has 0 saturated carbocycles. The van der Waals surface area contributed by atoms with Gasteiger partial charge < -0.3 is 4.90 Å². The van der Waals surface area contributed by atoms with Crippen molar-refractivity contribution in [3.8, 4) is 0 Å². The number of carbonyl (C=O) groups is 1. The van der Waals surface area contributed by atoms with E-state index in [1.807, 2.05) is 14.1 Å². The summed E-state index contributed by atoms with van der Waals surface area (Å²) in [6.07, 6.45) is 2.38. The largest absolute Gasteiger partial charge is 0.348 e. The predicted octanol–water partition coefficient (Wildman–Crippen LogP) is 2.04. The van der Waals surface area contributed by atoms with E-state index < -0.39 is 0 Å². The van der Waals surface area contributed by atoms with Gasteiger partial charge in [0.1, 0.15) is 0 Å². The summed E-state index contributed by atoms with van der Waals surface area (Å²) in [4.78, 5) is 18.7. The van der Waals surface area contributed by atoms with Crippen molar-refractivity contribution in [3.05, 3.63) is 34.9 Å². The number of benzene rings is 1. The monoisotopic (exact) mass is 315 g/mol. The molecule has 0 N–H and O–H groups in total. The molecule has 4 nitrogen and oxygen atoms in total. The van der Waals surface area contributed by atoms with Crippen LogP contribution in [0, 0.1) is 13.8 Å². The van der Waals surface area contributed by atoms with E-state index in [2.05, 4.69) is 41.8 Å². The number of hydrogen-bond donors (Lipinski definition) is 0. The highest BCUT2D eigenvalue weighted by molar-refractivity contribution is 5.77. The van der Waals surface area contributed by atoms with Crippen molar-refractivity contribution in [1.29, 1.82) is 0 Å². The fourth-order valence-corrected chi connectivity index (χ4v) is 4.27. The molecule has 2 aliphatic heterocycles. The predicted molar refractivity (Wildman–Crippen MR) is 93.4 cm³/mol. The maximum Gasteiger partial charge on any atom is 0.236 e. The molecule has 0 bridgehead atoms. The Balaban J connectivity index is 1.64. The van der Waals surface area contributed by atoms with Crippen molar-refractivity contribution >= 4 is 5.91 Å². The van der Waals surface area contributed by atoms with E-state index in [4.69, 9.17) is 0 Å². The molecule has 0 radical (unpaired) electrons. The van der Waals surface area contributed by atoms with E-state index >= 15 is 0 Å². The van der Waals surface area contributed by atoms with Crippen molar-refractivity contribution in [2.45, 2.75) is 45.3 Å². The molecule has 0 unspecified atom stereocenters. The number of fused-ring (bicyclic) bond motifs is 1. The van der Waals surface area contributed by atoms with Gasteiger partial charge in [-0.2, -0.15) is 0 Å². The molecular weight excluding hydrogens is 286 g/mol. The molecule has 2 saturated heterocycles. The highest BCUT2D eigenvalue weighted by atomic mass is 16.2. The number of aryl methyl sites for hydroxylation is 2. The van der Waals surface area contributed by atoms with Gasteiger partial charge in [-0.15, -0.1) is 0 Å². The first-order chi connectivity index (χ1) is 10.9. The van der Waals surface area contributed by atoms with Crippen LogP contribution < -0.4 is 0 Å². The minimum Gasteiger partial charge on any atom is -0.348 e. The first-order valence-corrected chi connectivity index (χ1v) is 8.69. The number of likely N-dealkylation sites (tertiary alicyclic amines) is 2. The average Bonchev–Trinajstić information content (AvgIpc) is 3.02. The minimum atomic E-state index is 0.221. The van der Waals surface area contributed by atoms with Crippen LogP contribution in [0.15, 0.2) is 18.2 Å². The third-order valence-electron chi connectivity index (χ3n) is 5.31. The number of carbonyl (C=O) groups excluding carboxylic acids is 1. The Bertz CT molecular complexity index is 564. The fraction of sp³-hybridized carbons (Fsp3) is 0.632. The molecule has 0 aliphatic carbocycles. The normalized spacial score (nSPS) is 24.9. The first kappa shape index (κ1) is 16.5. The summed E-state index contributed by atoms with van der Waals surface area (Å²) in [6, 6.07) is 8.03. The molecule has 2 fully saturated rings. The Hall–Kier alpha value is -1.39. The highest BCUT2D eigenvalue weighted by Gasteiger charge is 2.42. The molecule has 2 heterocycles. The molecule has 0 spiro atoms. The zero-order valence-corrected chi connectivity index (χ0v) is 14.9. The van der Waals surface area contributed by atoms with Crippen molar-refractivity contribution in [3.63, 3.8) is 0 Å². The molecule has 0 aromatic heterocycles. The summed E-state index contributed by atoms with van der Waals surface area (Å²) in [7, 11) is 3.69. The van der Waals surface area contributed by atoms with E-state index in [0.717, 1.165) is 19.6 Å². The van der Waals surface area contributed by atoms with Crippen LogP contribution in [-0.2, 0) is 11.3 Å². The quantitative estimate of drug-likeness (QED) is 0.851. The van der Waals surface area contributed by atoms with Crippen LogP contribution in [0.5, 0.6) is 0 Å². The molecule has 23 heavy (non-hydrogen) atoms. The van der Waals surface area contributed by atoms with Gasteiger partial charge >= 0.3 is 0 Å². The van der Waals surface area contributed by atoms with Gasteiger partial charge in [0.25, 0.3) is 0 Å². The van der Waals surface area contributed by atoms with Crippen LogP contribution in [0.2, 0.25) is 0 Å². The van der Waals surface area contributed by atoms with Crippen molar-refractivity contribution in [2.75, 3.05) is 33.7 Å². The highest BCUT2D eigenvalue weighted by Crippen LogP contribution is 2.32. The summed E-state index contributed by atoms with van der Waals surface area (Å²) in [6.45, 7) is 8.17. The molecule has 1 aromatic carbocycles. The Morgan fingerprint density at radius 2 is 1.61 bits per heavy atom. The van der Waals surface area contributed by atoms with Crippen molar-refractivity contribution < 1.29 is 4.79 Å². The lowest BCUT2D eigenvalue weighted by molar-refractivity contribution is -0.130. The van der Waals surface area contributed by atoms with Crippen LogP contribution in [-0.4, -0.2) is 66.4 Å². The zero-order chi connectivity index (χ0) is 16.6. The SMILES string of the molecule is Cc1cc(C)cc(CN2CC[C@@H]3[C@@H]2CCN3CC(=O)N(C)C)c1. The van der Waals surface area contributed by atoms with Crippen LogP contribution in [0.3, 0.4) is 0 Å².